The van der Waals surface area contributed by atoms with E-state index in [2.05, 4.69) is 17.6 Å². The maximum Gasteiger partial charge on any atom is 0.230 e. The average Bonchev–Trinajstić information content (AvgIpc) is 2.49. The number of hydrogen-bond donors (Lipinski definition) is 3. The van der Waals surface area contributed by atoms with Gasteiger partial charge in [-0.05, 0) is 38.0 Å². The van der Waals surface area contributed by atoms with E-state index in [0.717, 1.165) is 50.4 Å². The van der Waals surface area contributed by atoms with E-state index in [-0.39, 0.29) is 11.3 Å². The molecule has 1 aromatic carbocycles. The van der Waals surface area contributed by atoms with Crippen LogP contribution in [-0.2, 0) is 9.53 Å². The predicted octanol–water partition coefficient (Wildman–Crippen LogP) is 3.87. The number of rotatable bonds is 10. The lowest BCUT2D eigenvalue weighted by Crippen LogP contribution is -2.30. The zero-order chi connectivity index (χ0) is 17.3. The molecular formula is C18H31N3O2. The van der Waals surface area contributed by atoms with Gasteiger partial charge in [0, 0.05) is 30.9 Å². The minimum atomic E-state index is -0.375. The first-order valence-electron chi connectivity index (χ1n) is 8.43. The molecule has 0 heterocycles. The number of amides is 1. The van der Waals surface area contributed by atoms with E-state index in [0.29, 0.717) is 5.69 Å². The molecular weight excluding hydrogens is 290 g/mol. The Hall–Kier alpha value is -1.75. The van der Waals surface area contributed by atoms with Crippen molar-refractivity contribution in [3.05, 3.63) is 18.2 Å². The van der Waals surface area contributed by atoms with Crippen LogP contribution >= 0.6 is 0 Å². The van der Waals surface area contributed by atoms with Gasteiger partial charge in [0.05, 0.1) is 11.4 Å². The monoisotopic (exact) mass is 321 g/mol. The summed E-state index contributed by atoms with van der Waals surface area (Å²) in [5.74, 6) is 0.0242. The lowest BCUT2D eigenvalue weighted by atomic mass is 9.87. The zero-order valence-corrected chi connectivity index (χ0v) is 14.9. The van der Waals surface area contributed by atoms with Crippen molar-refractivity contribution in [2.75, 3.05) is 36.1 Å². The fourth-order valence-electron chi connectivity index (χ4n) is 2.38. The van der Waals surface area contributed by atoms with Crippen molar-refractivity contribution in [2.24, 2.45) is 5.41 Å². The Morgan fingerprint density at radius 3 is 2.65 bits per heavy atom. The lowest BCUT2D eigenvalue weighted by Gasteiger charge is -2.23. The molecule has 1 amide bonds. The van der Waals surface area contributed by atoms with E-state index in [1.807, 2.05) is 32.9 Å². The van der Waals surface area contributed by atoms with Gasteiger partial charge in [0.25, 0.3) is 0 Å². The number of nitrogens with one attached hydrogen (secondary N) is 2. The van der Waals surface area contributed by atoms with Crippen LogP contribution in [0.1, 0.15) is 47.0 Å². The molecule has 0 atom stereocenters. The standard InChI is InChI=1S/C18H31N3O2/c1-5-10-18(3,4)17(22)21-14-8-9-16(15(19)13-14)20-11-7-12-23-6-2/h8-9,13,20H,5-7,10-12,19H2,1-4H3,(H,21,22). The van der Waals surface area contributed by atoms with Gasteiger partial charge < -0.3 is 21.1 Å². The Bertz CT molecular complexity index is 501. The zero-order valence-electron chi connectivity index (χ0n) is 14.9. The number of nitrogen functional groups attached to an aromatic ring is 1. The van der Waals surface area contributed by atoms with Crippen molar-refractivity contribution < 1.29 is 9.53 Å². The Balaban J connectivity index is 2.57. The maximum absolute atomic E-state index is 12.3. The Kier molecular flexibility index (Phi) is 7.89. The lowest BCUT2D eigenvalue weighted by molar-refractivity contribution is -0.124. The van der Waals surface area contributed by atoms with Crippen molar-refractivity contribution in [1.29, 1.82) is 0 Å². The summed E-state index contributed by atoms with van der Waals surface area (Å²) in [6.07, 6.45) is 2.76. The molecule has 0 bridgehead atoms. The molecule has 0 aliphatic carbocycles. The van der Waals surface area contributed by atoms with Gasteiger partial charge in [0.15, 0.2) is 0 Å². The van der Waals surface area contributed by atoms with Crippen LogP contribution in [0.5, 0.6) is 0 Å². The average molecular weight is 321 g/mol. The van der Waals surface area contributed by atoms with Crippen LogP contribution in [-0.4, -0.2) is 25.7 Å². The first-order valence-corrected chi connectivity index (χ1v) is 8.43. The fourth-order valence-corrected chi connectivity index (χ4v) is 2.38. The van der Waals surface area contributed by atoms with Crippen LogP contribution in [0.3, 0.4) is 0 Å². The molecule has 0 spiro atoms. The van der Waals surface area contributed by atoms with Crippen molar-refractivity contribution in [1.82, 2.24) is 0 Å². The summed E-state index contributed by atoms with van der Waals surface area (Å²) >= 11 is 0. The molecule has 0 fully saturated rings. The third-order valence-electron chi connectivity index (χ3n) is 3.78. The third kappa shape index (κ3) is 6.48. The summed E-state index contributed by atoms with van der Waals surface area (Å²) < 4.78 is 5.30. The highest BCUT2D eigenvalue weighted by Crippen LogP contribution is 2.27. The van der Waals surface area contributed by atoms with Gasteiger partial charge in [-0.25, -0.2) is 0 Å². The van der Waals surface area contributed by atoms with Crippen molar-refractivity contribution in [3.63, 3.8) is 0 Å². The Morgan fingerprint density at radius 1 is 1.30 bits per heavy atom. The quantitative estimate of drug-likeness (QED) is 0.451. The molecule has 23 heavy (non-hydrogen) atoms. The van der Waals surface area contributed by atoms with Crippen LogP contribution < -0.4 is 16.4 Å². The molecule has 1 aromatic rings. The van der Waals surface area contributed by atoms with E-state index >= 15 is 0 Å². The summed E-state index contributed by atoms with van der Waals surface area (Å²) in [4.78, 5) is 12.3. The number of carbonyl (C=O) groups is 1. The van der Waals surface area contributed by atoms with Gasteiger partial charge in [-0.2, -0.15) is 0 Å². The van der Waals surface area contributed by atoms with E-state index in [4.69, 9.17) is 10.5 Å². The van der Waals surface area contributed by atoms with Crippen LogP contribution in [0.15, 0.2) is 18.2 Å². The number of hydrogen-bond acceptors (Lipinski definition) is 4. The minimum Gasteiger partial charge on any atom is -0.397 e. The molecule has 1 rings (SSSR count). The van der Waals surface area contributed by atoms with Gasteiger partial charge in [0.2, 0.25) is 5.91 Å². The second kappa shape index (κ2) is 9.40. The number of nitrogens with two attached hydrogens (primary N) is 1. The number of carbonyl (C=O) groups excluding carboxylic acids is 1. The van der Waals surface area contributed by atoms with Crippen molar-refractivity contribution in [2.45, 2.75) is 47.0 Å². The van der Waals surface area contributed by atoms with Gasteiger partial charge in [-0.15, -0.1) is 0 Å². The van der Waals surface area contributed by atoms with Crippen LogP contribution in [0, 0.1) is 5.41 Å². The van der Waals surface area contributed by atoms with Gasteiger partial charge in [-0.3, -0.25) is 4.79 Å². The summed E-state index contributed by atoms with van der Waals surface area (Å²) in [7, 11) is 0. The summed E-state index contributed by atoms with van der Waals surface area (Å²) in [6.45, 7) is 10.3. The molecule has 0 aliphatic heterocycles. The van der Waals surface area contributed by atoms with E-state index in [1.165, 1.54) is 0 Å². The fraction of sp³-hybridized carbons (Fsp3) is 0.611. The van der Waals surface area contributed by atoms with Gasteiger partial charge in [-0.1, -0.05) is 27.2 Å². The van der Waals surface area contributed by atoms with Gasteiger partial charge in [0.1, 0.15) is 0 Å². The number of ether oxygens (including phenoxy) is 1. The summed E-state index contributed by atoms with van der Waals surface area (Å²) in [6, 6.07) is 5.57. The smallest absolute Gasteiger partial charge is 0.230 e. The first-order chi connectivity index (χ1) is 10.9. The highest BCUT2D eigenvalue weighted by Gasteiger charge is 2.26. The maximum atomic E-state index is 12.3. The van der Waals surface area contributed by atoms with Crippen LogP contribution in [0.2, 0.25) is 0 Å². The van der Waals surface area contributed by atoms with E-state index in [9.17, 15) is 4.79 Å². The molecule has 0 radical (unpaired) electrons. The predicted molar refractivity (Wildman–Crippen MR) is 97.8 cm³/mol. The second-order valence-corrected chi connectivity index (χ2v) is 6.37. The van der Waals surface area contributed by atoms with Crippen molar-refractivity contribution in [3.8, 4) is 0 Å². The highest BCUT2D eigenvalue weighted by atomic mass is 16.5. The first kappa shape index (κ1) is 19.3. The number of anilines is 3. The summed E-state index contributed by atoms with van der Waals surface area (Å²) in [5.41, 5.74) is 7.93. The van der Waals surface area contributed by atoms with E-state index < -0.39 is 0 Å². The molecule has 4 N–H and O–H groups in total. The van der Waals surface area contributed by atoms with E-state index in [1.54, 1.807) is 6.07 Å². The third-order valence-corrected chi connectivity index (χ3v) is 3.78. The van der Waals surface area contributed by atoms with Crippen LogP contribution in [0.4, 0.5) is 17.1 Å². The Labute approximate surface area is 140 Å². The molecule has 130 valence electrons. The molecule has 0 aliphatic rings. The van der Waals surface area contributed by atoms with Crippen LogP contribution in [0.25, 0.3) is 0 Å². The minimum absolute atomic E-state index is 0.0242. The summed E-state index contributed by atoms with van der Waals surface area (Å²) in [5, 5.41) is 6.24. The normalized spacial score (nSPS) is 11.3. The SMILES string of the molecule is CCCC(C)(C)C(=O)Nc1ccc(NCCCOCC)c(N)c1. The van der Waals surface area contributed by atoms with Crippen molar-refractivity contribution >= 4 is 23.0 Å². The second-order valence-electron chi connectivity index (χ2n) is 6.37. The molecule has 5 nitrogen and oxygen atoms in total. The molecule has 0 saturated heterocycles. The molecule has 0 saturated carbocycles. The Morgan fingerprint density at radius 2 is 2.04 bits per heavy atom. The molecule has 0 unspecified atom stereocenters. The largest absolute Gasteiger partial charge is 0.397 e. The molecule has 5 heteroatoms. The number of benzene rings is 1. The molecule has 0 aromatic heterocycles. The topological polar surface area (TPSA) is 76.4 Å². The highest BCUT2D eigenvalue weighted by molar-refractivity contribution is 5.95. The van der Waals surface area contributed by atoms with Gasteiger partial charge >= 0.3 is 0 Å².